The van der Waals surface area contributed by atoms with Gasteiger partial charge in [0.1, 0.15) is 22.9 Å². The van der Waals surface area contributed by atoms with Gasteiger partial charge >= 0.3 is 0 Å². The van der Waals surface area contributed by atoms with Gasteiger partial charge in [-0.15, -0.1) is 0 Å². The van der Waals surface area contributed by atoms with Crippen LogP contribution in [0.5, 0.6) is 0 Å². The zero-order chi connectivity index (χ0) is 21.9. The number of nitrogens with zero attached hydrogens (tertiary/aromatic N) is 1. The molecular weight excluding hydrogens is 407 g/mol. The molecule has 5 rings (SSSR count). The van der Waals surface area contributed by atoms with Crippen LogP contribution in [0.4, 0.5) is 10.1 Å². The fourth-order valence-corrected chi connectivity index (χ4v) is 3.26. The van der Waals surface area contributed by atoms with Crippen LogP contribution in [0.15, 0.2) is 99.8 Å². The zero-order valence-electron chi connectivity index (χ0n) is 16.8. The van der Waals surface area contributed by atoms with E-state index in [4.69, 9.17) is 8.83 Å². The van der Waals surface area contributed by atoms with Crippen LogP contribution in [-0.4, -0.2) is 10.9 Å². The minimum absolute atomic E-state index is 0.302. The molecule has 1 N–H and O–H groups in total. The summed E-state index contributed by atoms with van der Waals surface area (Å²) < 4.78 is 24.6. The summed E-state index contributed by atoms with van der Waals surface area (Å²) >= 11 is 0. The monoisotopic (exact) mass is 424 g/mol. The summed E-state index contributed by atoms with van der Waals surface area (Å²) in [6.45, 7) is 0. The molecule has 0 fully saturated rings. The maximum Gasteiger partial charge on any atom is 0.248 e. The molecule has 0 unspecified atom stereocenters. The summed E-state index contributed by atoms with van der Waals surface area (Å²) in [4.78, 5) is 16.8. The van der Waals surface area contributed by atoms with Gasteiger partial charge in [0, 0.05) is 22.9 Å². The third-order valence-corrected chi connectivity index (χ3v) is 4.83. The molecule has 0 aliphatic carbocycles. The molecule has 0 bridgehead atoms. The first-order valence-electron chi connectivity index (χ1n) is 9.95. The Bertz CT molecular complexity index is 1420. The number of oxazole rings is 1. The molecule has 1 amide bonds. The van der Waals surface area contributed by atoms with E-state index in [1.54, 1.807) is 36.4 Å². The number of furan rings is 1. The van der Waals surface area contributed by atoms with E-state index < -0.39 is 0 Å². The molecule has 0 radical (unpaired) electrons. The zero-order valence-corrected chi connectivity index (χ0v) is 16.8. The fraction of sp³-hybridized carbons (Fsp3) is 0. The lowest BCUT2D eigenvalue weighted by molar-refractivity contribution is -0.111. The standard InChI is InChI=1S/C26H17FN2O3/c27-19-8-6-18(7-9-19)26-29-22-16-20(10-13-24(22)32-26)28-25(30)15-12-21-11-14-23(31-21)17-4-2-1-3-5-17/h1-16H,(H,28,30)/b15-12+. The Kier molecular flexibility index (Phi) is 5.09. The smallest absolute Gasteiger partial charge is 0.248 e. The van der Waals surface area contributed by atoms with Crippen molar-refractivity contribution in [3.63, 3.8) is 0 Å². The van der Waals surface area contributed by atoms with Gasteiger partial charge in [-0.25, -0.2) is 9.37 Å². The molecular formula is C26H17FN2O3. The highest BCUT2D eigenvalue weighted by Gasteiger charge is 2.10. The largest absolute Gasteiger partial charge is 0.457 e. The second-order valence-corrected chi connectivity index (χ2v) is 7.10. The van der Waals surface area contributed by atoms with Gasteiger partial charge in [-0.05, 0) is 60.7 Å². The highest BCUT2D eigenvalue weighted by molar-refractivity contribution is 6.02. The highest BCUT2D eigenvalue weighted by atomic mass is 19.1. The quantitative estimate of drug-likeness (QED) is 0.325. The number of rotatable bonds is 5. The van der Waals surface area contributed by atoms with Crippen molar-refractivity contribution in [2.45, 2.75) is 0 Å². The molecule has 2 aromatic heterocycles. The molecule has 6 heteroatoms. The van der Waals surface area contributed by atoms with E-state index in [0.29, 0.717) is 34.0 Å². The first kappa shape index (κ1) is 19.5. The van der Waals surface area contributed by atoms with E-state index in [9.17, 15) is 9.18 Å². The fourth-order valence-electron chi connectivity index (χ4n) is 3.26. The molecule has 0 aliphatic rings. The Morgan fingerprint density at radius 2 is 1.69 bits per heavy atom. The molecule has 0 aliphatic heterocycles. The minimum atomic E-state index is -0.325. The first-order chi connectivity index (χ1) is 15.6. The molecule has 0 atom stereocenters. The predicted molar refractivity (Wildman–Crippen MR) is 121 cm³/mol. The number of halogens is 1. The van der Waals surface area contributed by atoms with Crippen LogP contribution in [0.25, 0.3) is 40.0 Å². The first-order valence-corrected chi connectivity index (χ1v) is 9.95. The van der Waals surface area contributed by atoms with Crippen molar-refractivity contribution >= 4 is 28.8 Å². The summed E-state index contributed by atoms with van der Waals surface area (Å²) in [6.07, 6.45) is 3.02. The lowest BCUT2D eigenvalue weighted by atomic mass is 10.2. The predicted octanol–water partition coefficient (Wildman–Crippen LogP) is 6.55. The minimum Gasteiger partial charge on any atom is -0.457 e. The summed E-state index contributed by atoms with van der Waals surface area (Å²) in [7, 11) is 0. The SMILES string of the molecule is O=C(/C=C/c1ccc(-c2ccccc2)o1)Nc1ccc2oc(-c3ccc(F)cc3)nc2c1. The van der Waals surface area contributed by atoms with E-state index in [-0.39, 0.29) is 11.7 Å². The molecule has 0 saturated carbocycles. The van der Waals surface area contributed by atoms with Crippen molar-refractivity contribution in [1.29, 1.82) is 0 Å². The van der Waals surface area contributed by atoms with Gasteiger partial charge in [-0.3, -0.25) is 4.79 Å². The van der Waals surface area contributed by atoms with Crippen molar-refractivity contribution in [2.75, 3.05) is 5.32 Å². The number of amides is 1. The van der Waals surface area contributed by atoms with Crippen molar-refractivity contribution < 1.29 is 18.0 Å². The molecule has 3 aromatic carbocycles. The Labute approximate surface area is 182 Å². The summed E-state index contributed by atoms with van der Waals surface area (Å²) in [5, 5.41) is 2.80. The third kappa shape index (κ3) is 4.20. The molecule has 0 saturated heterocycles. The van der Waals surface area contributed by atoms with E-state index in [0.717, 1.165) is 11.3 Å². The lowest BCUT2D eigenvalue weighted by Gasteiger charge is -2.00. The maximum atomic E-state index is 13.1. The normalized spacial score (nSPS) is 11.3. The van der Waals surface area contributed by atoms with Crippen LogP contribution >= 0.6 is 0 Å². The van der Waals surface area contributed by atoms with Crippen molar-refractivity contribution in [1.82, 2.24) is 4.98 Å². The Morgan fingerprint density at radius 3 is 2.50 bits per heavy atom. The van der Waals surface area contributed by atoms with Crippen molar-refractivity contribution in [3.05, 3.63) is 103 Å². The van der Waals surface area contributed by atoms with Crippen LogP contribution in [-0.2, 0) is 4.79 Å². The van der Waals surface area contributed by atoms with Gasteiger partial charge in [-0.2, -0.15) is 0 Å². The van der Waals surface area contributed by atoms with Gasteiger partial charge in [0.25, 0.3) is 0 Å². The summed E-state index contributed by atoms with van der Waals surface area (Å²) in [6, 6.07) is 24.5. The number of anilines is 1. The maximum absolute atomic E-state index is 13.1. The number of nitrogens with one attached hydrogen (secondary N) is 1. The number of hydrogen-bond donors (Lipinski definition) is 1. The lowest BCUT2D eigenvalue weighted by Crippen LogP contribution is -2.07. The average molecular weight is 424 g/mol. The van der Waals surface area contributed by atoms with Gasteiger partial charge in [0.15, 0.2) is 5.58 Å². The van der Waals surface area contributed by atoms with Gasteiger partial charge in [-0.1, -0.05) is 30.3 Å². The van der Waals surface area contributed by atoms with Crippen LogP contribution in [0, 0.1) is 5.82 Å². The van der Waals surface area contributed by atoms with E-state index in [1.807, 2.05) is 42.5 Å². The van der Waals surface area contributed by atoms with Crippen molar-refractivity contribution in [2.24, 2.45) is 0 Å². The van der Waals surface area contributed by atoms with Crippen LogP contribution in [0.2, 0.25) is 0 Å². The summed E-state index contributed by atoms with van der Waals surface area (Å²) in [5.41, 5.74) is 3.38. The van der Waals surface area contributed by atoms with Crippen LogP contribution < -0.4 is 5.32 Å². The van der Waals surface area contributed by atoms with Gasteiger partial charge < -0.3 is 14.2 Å². The number of carbonyl (C=O) groups excluding carboxylic acids is 1. The van der Waals surface area contributed by atoms with Gasteiger partial charge in [0.2, 0.25) is 11.8 Å². The Hall–Kier alpha value is -4.45. The van der Waals surface area contributed by atoms with Crippen LogP contribution in [0.3, 0.4) is 0 Å². The second kappa shape index (κ2) is 8.35. The van der Waals surface area contributed by atoms with Gasteiger partial charge in [0.05, 0.1) is 0 Å². The number of hydrogen-bond acceptors (Lipinski definition) is 4. The molecule has 156 valence electrons. The van der Waals surface area contributed by atoms with E-state index in [1.165, 1.54) is 18.2 Å². The Morgan fingerprint density at radius 1 is 0.875 bits per heavy atom. The van der Waals surface area contributed by atoms with E-state index in [2.05, 4.69) is 10.3 Å². The third-order valence-electron chi connectivity index (χ3n) is 4.83. The van der Waals surface area contributed by atoms with E-state index >= 15 is 0 Å². The number of carbonyl (C=O) groups is 1. The topological polar surface area (TPSA) is 68.3 Å². The highest BCUT2D eigenvalue weighted by Crippen LogP contribution is 2.26. The summed E-state index contributed by atoms with van der Waals surface area (Å²) in [5.74, 6) is 1.07. The van der Waals surface area contributed by atoms with Crippen LogP contribution in [0.1, 0.15) is 5.76 Å². The molecule has 0 spiro atoms. The molecule has 5 nitrogen and oxygen atoms in total. The molecule has 32 heavy (non-hydrogen) atoms. The van der Waals surface area contributed by atoms with Crippen molar-refractivity contribution in [3.8, 4) is 22.8 Å². The number of aromatic nitrogens is 1. The molecule has 2 heterocycles. The Balaban J connectivity index is 1.28. The molecule has 5 aromatic rings. The second-order valence-electron chi connectivity index (χ2n) is 7.10. The number of fused-ring (bicyclic) bond motifs is 1. The number of benzene rings is 3. The average Bonchev–Trinajstić information content (AvgIpc) is 3.46.